The van der Waals surface area contributed by atoms with Crippen LogP contribution in [0.4, 0.5) is 4.39 Å². The highest BCUT2D eigenvalue weighted by molar-refractivity contribution is 5.97. The van der Waals surface area contributed by atoms with Crippen molar-refractivity contribution in [1.29, 1.82) is 0 Å². The lowest BCUT2D eigenvalue weighted by molar-refractivity contribution is -0.133. The number of carbonyl (C=O) groups excluding carboxylic acids is 2. The molecule has 134 valence electrons. The largest absolute Gasteiger partial charge is 0.391 e. The molecule has 0 aliphatic carbocycles. The van der Waals surface area contributed by atoms with Gasteiger partial charge in [0.1, 0.15) is 11.9 Å². The number of carbonyl (C=O) groups is 2. The van der Waals surface area contributed by atoms with E-state index in [1.807, 2.05) is 0 Å². The summed E-state index contributed by atoms with van der Waals surface area (Å²) < 4.78 is 12.8. The number of rotatable bonds is 4. The Morgan fingerprint density at radius 3 is 1.96 bits per heavy atom. The molecular formula is C19H17FN2O4. The lowest BCUT2D eigenvalue weighted by Gasteiger charge is -2.19. The molecule has 0 spiro atoms. The molecular weight excluding hydrogens is 339 g/mol. The predicted molar refractivity (Wildman–Crippen MR) is 91.7 cm³/mol. The van der Waals surface area contributed by atoms with Crippen molar-refractivity contribution >= 4 is 11.8 Å². The van der Waals surface area contributed by atoms with Gasteiger partial charge in [-0.3, -0.25) is 14.8 Å². The molecule has 0 saturated carbocycles. The summed E-state index contributed by atoms with van der Waals surface area (Å²) in [6.45, 7) is 1.31. The molecule has 26 heavy (non-hydrogen) atoms. The molecule has 0 fully saturated rings. The SMILES string of the molecule is C[C@@H](O)[C@H](NC(=O)c1ccc(C#Cc2ccc(F)cc2)cc1)C(=O)NO. The van der Waals surface area contributed by atoms with Crippen LogP contribution in [0.5, 0.6) is 0 Å². The van der Waals surface area contributed by atoms with Crippen LogP contribution >= 0.6 is 0 Å². The second kappa shape index (κ2) is 8.76. The summed E-state index contributed by atoms with van der Waals surface area (Å²) in [5.41, 5.74) is 2.95. The normalized spacial score (nSPS) is 12.3. The molecule has 4 N–H and O–H groups in total. The minimum Gasteiger partial charge on any atom is -0.391 e. The minimum absolute atomic E-state index is 0.258. The monoisotopic (exact) mass is 356 g/mol. The first kappa shape index (κ1) is 19.1. The molecule has 2 atom stereocenters. The van der Waals surface area contributed by atoms with E-state index in [0.717, 1.165) is 0 Å². The van der Waals surface area contributed by atoms with E-state index in [0.29, 0.717) is 11.1 Å². The van der Waals surface area contributed by atoms with Crippen LogP contribution < -0.4 is 10.8 Å². The number of aliphatic hydroxyl groups is 1. The Bertz CT molecular complexity index is 837. The van der Waals surface area contributed by atoms with Gasteiger partial charge in [0, 0.05) is 16.7 Å². The van der Waals surface area contributed by atoms with Gasteiger partial charge in [0.2, 0.25) is 0 Å². The summed E-state index contributed by atoms with van der Waals surface area (Å²) in [5, 5.41) is 20.5. The van der Waals surface area contributed by atoms with Crippen molar-refractivity contribution in [2.45, 2.75) is 19.1 Å². The molecule has 0 radical (unpaired) electrons. The molecule has 2 aromatic rings. The van der Waals surface area contributed by atoms with Crippen LogP contribution in [-0.2, 0) is 4.79 Å². The van der Waals surface area contributed by atoms with Crippen molar-refractivity contribution in [3.8, 4) is 11.8 Å². The van der Waals surface area contributed by atoms with Crippen molar-refractivity contribution in [2.24, 2.45) is 0 Å². The molecule has 2 aromatic carbocycles. The molecule has 0 aliphatic heterocycles. The van der Waals surface area contributed by atoms with E-state index in [4.69, 9.17) is 5.21 Å². The van der Waals surface area contributed by atoms with Gasteiger partial charge in [-0.2, -0.15) is 0 Å². The van der Waals surface area contributed by atoms with Gasteiger partial charge in [0.05, 0.1) is 6.10 Å². The van der Waals surface area contributed by atoms with E-state index >= 15 is 0 Å². The molecule has 0 saturated heterocycles. The summed E-state index contributed by atoms with van der Waals surface area (Å²) >= 11 is 0. The average molecular weight is 356 g/mol. The number of amides is 2. The smallest absolute Gasteiger partial charge is 0.268 e. The second-order valence-corrected chi connectivity index (χ2v) is 5.50. The highest BCUT2D eigenvalue weighted by Crippen LogP contribution is 2.06. The molecule has 7 heteroatoms. The second-order valence-electron chi connectivity index (χ2n) is 5.50. The Balaban J connectivity index is 2.08. The fraction of sp³-hybridized carbons (Fsp3) is 0.158. The van der Waals surface area contributed by atoms with Crippen LogP contribution in [0.25, 0.3) is 0 Å². The maximum atomic E-state index is 12.8. The lowest BCUT2D eigenvalue weighted by Crippen LogP contribution is -2.51. The Morgan fingerprint density at radius 2 is 1.50 bits per heavy atom. The Labute approximate surface area is 149 Å². The van der Waals surface area contributed by atoms with Crippen LogP contribution in [0, 0.1) is 17.7 Å². The van der Waals surface area contributed by atoms with E-state index in [2.05, 4.69) is 17.2 Å². The zero-order valence-corrected chi connectivity index (χ0v) is 13.9. The van der Waals surface area contributed by atoms with Gasteiger partial charge >= 0.3 is 0 Å². The van der Waals surface area contributed by atoms with Crippen LogP contribution in [-0.4, -0.2) is 34.3 Å². The van der Waals surface area contributed by atoms with Crippen LogP contribution in [0.1, 0.15) is 28.4 Å². The van der Waals surface area contributed by atoms with Gasteiger partial charge in [0.15, 0.2) is 0 Å². The Kier molecular flexibility index (Phi) is 6.44. The summed E-state index contributed by atoms with van der Waals surface area (Å²) in [5.74, 6) is 3.92. The van der Waals surface area contributed by atoms with Gasteiger partial charge < -0.3 is 10.4 Å². The first-order chi connectivity index (χ1) is 12.4. The number of halogens is 1. The molecule has 6 nitrogen and oxygen atoms in total. The van der Waals surface area contributed by atoms with E-state index in [-0.39, 0.29) is 11.4 Å². The maximum Gasteiger partial charge on any atom is 0.268 e. The quantitative estimate of drug-likeness (QED) is 0.376. The van der Waals surface area contributed by atoms with Gasteiger partial charge in [-0.1, -0.05) is 11.8 Å². The summed E-state index contributed by atoms with van der Waals surface area (Å²) in [4.78, 5) is 23.6. The number of aliphatic hydroxyl groups excluding tert-OH is 1. The number of benzene rings is 2. The molecule has 2 rings (SSSR count). The zero-order chi connectivity index (χ0) is 19.1. The molecule has 0 heterocycles. The third-order valence-corrected chi connectivity index (χ3v) is 3.50. The van der Waals surface area contributed by atoms with E-state index in [9.17, 15) is 19.1 Å². The molecule has 0 aromatic heterocycles. The lowest BCUT2D eigenvalue weighted by atomic mass is 10.1. The van der Waals surface area contributed by atoms with Gasteiger partial charge in [-0.15, -0.1) is 0 Å². The van der Waals surface area contributed by atoms with Crippen LogP contribution in [0.3, 0.4) is 0 Å². The van der Waals surface area contributed by atoms with Crippen molar-refractivity contribution in [3.63, 3.8) is 0 Å². The highest BCUT2D eigenvalue weighted by Gasteiger charge is 2.25. The molecule has 2 amide bonds. The van der Waals surface area contributed by atoms with Crippen molar-refractivity contribution in [3.05, 3.63) is 71.0 Å². The van der Waals surface area contributed by atoms with Gasteiger partial charge in [-0.05, 0) is 55.5 Å². The van der Waals surface area contributed by atoms with Gasteiger partial charge in [0.25, 0.3) is 11.8 Å². The average Bonchev–Trinajstić information content (AvgIpc) is 2.65. The Morgan fingerprint density at radius 1 is 1.00 bits per heavy atom. The van der Waals surface area contributed by atoms with E-state index in [1.54, 1.807) is 24.3 Å². The highest BCUT2D eigenvalue weighted by atomic mass is 19.1. The summed E-state index contributed by atoms with van der Waals surface area (Å²) in [7, 11) is 0. The number of hydrogen-bond acceptors (Lipinski definition) is 4. The standard InChI is InChI=1S/C19H17FN2O4/c1-12(23)17(19(25)22-26)21-18(24)15-8-4-13(5-9-15)2-3-14-6-10-16(20)11-7-14/h4-12,17,23,26H,1H3,(H,21,24)(H,22,25)/t12-,17+/m1/s1. The summed E-state index contributed by atoms with van der Waals surface area (Å²) in [6.07, 6.45) is -1.19. The van der Waals surface area contributed by atoms with Crippen LogP contribution in [0.15, 0.2) is 48.5 Å². The Hall–Kier alpha value is -3.21. The maximum absolute atomic E-state index is 12.8. The van der Waals surface area contributed by atoms with Gasteiger partial charge in [-0.25, -0.2) is 9.87 Å². The van der Waals surface area contributed by atoms with Crippen LogP contribution in [0.2, 0.25) is 0 Å². The van der Waals surface area contributed by atoms with E-state index in [1.165, 1.54) is 36.7 Å². The first-order valence-corrected chi connectivity index (χ1v) is 7.71. The number of hydrogen-bond donors (Lipinski definition) is 4. The predicted octanol–water partition coefficient (Wildman–Crippen LogP) is 1.21. The fourth-order valence-corrected chi connectivity index (χ4v) is 2.08. The van der Waals surface area contributed by atoms with Crippen molar-refractivity contribution in [1.82, 2.24) is 10.8 Å². The topological polar surface area (TPSA) is 98.7 Å². The molecule has 0 bridgehead atoms. The zero-order valence-electron chi connectivity index (χ0n) is 13.9. The number of nitrogens with one attached hydrogen (secondary N) is 2. The van der Waals surface area contributed by atoms with Crippen molar-refractivity contribution < 1.29 is 24.3 Å². The van der Waals surface area contributed by atoms with E-state index < -0.39 is 24.0 Å². The third kappa shape index (κ3) is 5.14. The fourth-order valence-electron chi connectivity index (χ4n) is 2.08. The molecule has 0 unspecified atom stereocenters. The first-order valence-electron chi connectivity index (χ1n) is 7.71. The van der Waals surface area contributed by atoms with Crippen molar-refractivity contribution in [2.75, 3.05) is 0 Å². The third-order valence-electron chi connectivity index (χ3n) is 3.50. The number of hydroxylamine groups is 1. The molecule has 0 aliphatic rings. The minimum atomic E-state index is -1.29. The summed E-state index contributed by atoms with van der Waals surface area (Å²) in [6, 6.07) is 10.7.